The first-order valence-corrected chi connectivity index (χ1v) is 8.13. The second-order valence-corrected chi connectivity index (χ2v) is 5.78. The van der Waals surface area contributed by atoms with Crippen LogP contribution in [-0.4, -0.2) is 28.9 Å². The largest absolute Gasteiger partial charge is 0.453 e. The SMILES string of the molecule is NC(=NCc1ccc(Oc2cccnc2)c(F)c1)N1CCCCC1. The van der Waals surface area contributed by atoms with Crippen molar-refractivity contribution in [2.45, 2.75) is 25.8 Å². The van der Waals surface area contributed by atoms with Crippen LogP contribution in [0, 0.1) is 5.82 Å². The zero-order valence-corrected chi connectivity index (χ0v) is 13.5. The summed E-state index contributed by atoms with van der Waals surface area (Å²) in [5, 5.41) is 0. The Balaban J connectivity index is 1.64. The summed E-state index contributed by atoms with van der Waals surface area (Å²) in [6.45, 7) is 2.25. The third kappa shape index (κ3) is 4.22. The predicted octanol–water partition coefficient (Wildman–Crippen LogP) is 3.31. The van der Waals surface area contributed by atoms with Crippen molar-refractivity contribution in [3.8, 4) is 11.5 Å². The van der Waals surface area contributed by atoms with Gasteiger partial charge in [0.15, 0.2) is 17.5 Å². The molecule has 2 heterocycles. The maximum atomic E-state index is 14.2. The zero-order valence-electron chi connectivity index (χ0n) is 13.5. The van der Waals surface area contributed by atoms with Gasteiger partial charge in [0.2, 0.25) is 0 Å². The monoisotopic (exact) mass is 328 g/mol. The quantitative estimate of drug-likeness (QED) is 0.691. The Kier molecular flexibility index (Phi) is 5.25. The molecule has 1 aromatic heterocycles. The van der Waals surface area contributed by atoms with Crippen molar-refractivity contribution in [3.05, 3.63) is 54.1 Å². The molecule has 3 rings (SSSR count). The van der Waals surface area contributed by atoms with E-state index in [1.54, 1.807) is 30.5 Å². The van der Waals surface area contributed by atoms with Crippen LogP contribution in [0.5, 0.6) is 11.5 Å². The van der Waals surface area contributed by atoms with Crippen LogP contribution in [0.3, 0.4) is 0 Å². The highest BCUT2D eigenvalue weighted by molar-refractivity contribution is 5.78. The van der Waals surface area contributed by atoms with Crippen molar-refractivity contribution in [2.75, 3.05) is 13.1 Å². The van der Waals surface area contributed by atoms with Crippen LogP contribution in [-0.2, 0) is 6.54 Å². The minimum atomic E-state index is -0.428. The number of nitrogens with zero attached hydrogens (tertiary/aromatic N) is 3. The molecule has 0 unspecified atom stereocenters. The van der Waals surface area contributed by atoms with E-state index in [2.05, 4.69) is 14.9 Å². The molecule has 2 N–H and O–H groups in total. The molecule has 1 aliphatic heterocycles. The van der Waals surface area contributed by atoms with Gasteiger partial charge in [0.1, 0.15) is 5.75 Å². The van der Waals surface area contributed by atoms with Crippen LogP contribution in [0.1, 0.15) is 24.8 Å². The van der Waals surface area contributed by atoms with E-state index in [1.165, 1.54) is 18.7 Å². The van der Waals surface area contributed by atoms with Crippen molar-refractivity contribution >= 4 is 5.96 Å². The molecule has 2 aromatic rings. The number of aromatic nitrogens is 1. The molecular weight excluding hydrogens is 307 g/mol. The van der Waals surface area contributed by atoms with Crippen molar-refractivity contribution in [2.24, 2.45) is 10.7 Å². The molecule has 0 aliphatic carbocycles. The third-order valence-corrected chi connectivity index (χ3v) is 3.96. The number of likely N-dealkylation sites (tertiary alicyclic amines) is 1. The lowest BCUT2D eigenvalue weighted by atomic mass is 10.1. The van der Waals surface area contributed by atoms with E-state index in [9.17, 15) is 4.39 Å². The lowest BCUT2D eigenvalue weighted by molar-refractivity contribution is 0.338. The molecule has 1 aliphatic rings. The highest BCUT2D eigenvalue weighted by atomic mass is 19.1. The Morgan fingerprint density at radius 3 is 2.79 bits per heavy atom. The van der Waals surface area contributed by atoms with Gasteiger partial charge in [0.25, 0.3) is 0 Å². The average molecular weight is 328 g/mol. The fourth-order valence-electron chi connectivity index (χ4n) is 2.66. The Hall–Kier alpha value is -2.63. The van der Waals surface area contributed by atoms with Gasteiger partial charge in [-0.15, -0.1) is 0 Å². The lowest BCUT2D eigenvalue weighted by Gasteiger charge is -2.27. The number of rotatable bonds is 4. The maximum absolute atomic E-state index is 14.2. The number of pyridine rings is 1. The average Bonchev–Trinajstić information content (AvgIpc) is 2.63. The molecule has 0 spiro atoms. The van der Waals surface area contributed by atoms with E-state index in [1.807, 2.05) is 0 Å². The van der Waals surface area contributed by atoms with E-state index in [0.29, 0.717) is 18.3 Å². The first-order valence-electron chi connectivity index (χ1n) is 8.13. The molecule has 0 bridgehead atoms. The number of hydrogen-bond donors (Lipinski definition) is 1. The van der Waals surface area contributed by atoms with Gasteiger partial charge < -0.3 is 15.4 Å². The van der Waals surface area contributed by atoms with E-state index in [0.717, 1.165) is 31.5 Å². The summed E-state index contributed by atoms with van der Waals surface area (Å²) in [7, 11) is 0. The molecule has 1 aromatic carbocycles. The summed E-state index contributed by atoms with van der Waals surface area (Å²) in [5.41, 5.74) is 6.77. The molecule has 5 nitrogen and oxygen atoms in total. The highest BCUT2D eigenvalue weighted by Crippen LogP contribution is 2.24. The first kappa shape index (κ1) is 16.2. The molecular formula is C18H21FN4O. The number of aliphatic imine (C=N–C) groups is 1. The Labute approximate surface area is 141 Å². The number of guanidine groups is 1. The molecule has 6 heteroatoms. The number of hydrogen-bond acceptors (Lipinski definition) is 3. The van der Waals surface area contributed by atoms with Crippen LogP contribution in [0.2, 0.25) is 0 Å². The maximum Gasteiger partial charge on any atom is 0.191 e. The summed E-state index contributed by atoms with van der Waals surface area (Å²) in [6.07, 6.45) is 6.71. The molecule has 0 saturated carbocycles. The van der Waals surface area contributed by atoms with Gasteiger partial charge in [0.05, 0.1) is 12.7 Å². The van der Waals surface area contributed by atoms with Crippen molar-refractivity contribution in [1.82, 2.24) is 9.88 Å². The minimum Gasteiger partial charge on any atom is -0.453 e. The smallest absolute Gasteiger partial charge is 0.191 e. The molecule has 0 radical (unpaired) electrons. The van der Waals surface area contributed by atoms with Gasteiger partial charge in [-0.25, -0.2) is 9.38 Å². The van der Waals surface area contributed by atoms with Crippen LogP contribution in [0.4, 0.5) is 4.39 Å². The Morgan fingerprint density at radius 2 is 2.08 bits per heavy atom. The van der Waals surface area contributed by atoms with E-state index >= 15 is 0 Å². The van der Waals surface area contributed by atoms with Crippen LogP contribution < -0.4 is 10.5 Å². The molecule has 24 heavy (non-hydrogen) atoms. The normalized spacial score (nSPS) is 15.4. The first-order chi connectivity index (χ1) is 11.7. The molecule has 0 amide bonds. The van der Waals surface area contributed by atoms with Gasteiger partial charge >= 0.3 is 0 Å². The van der Waals surface area contributed by atoms with E-state index in [4.69, 9.17) is 10.5 Å². The minimum absolute atomic E-state index is 0.166. The van der Waals surface area contributed by atoms with E-state index < -0.39 is 5.82 Å². The van der Waals surface area contributed by atoms with E-state index in [-0.39, 0.29) is 5.75 Å². The fraction of sp³-hybridized carbons (Fsp3) is 0.333. The predicted molar refractivity (Wildman–Crippen MR) is 91.5 cm³/mol. The molecule has 1 saturated heterocycles. The summed E-state index contributed by atoms with van der Waals surface area (Å²) < 4.78 is 19.7. The topological polar surface area (TPSA) is 63.7 Å². The van der Waals surface area contributed by atoms with Gasteiger partial charge in [-0.1, -0.05) is 6.07 Å². The second kappa shape index (κ2) is 7.77. The Morgan fingerprint density at radius 1 is 1.25 bits per heavy atom. The zero-order chi connectivity index (χ0) is 16.8. The highest BCUT2D eigenvalue weighted by Gasteiger charge is 2.12. The number of halogens is 1. The third-order valence-electron chi connectivity index (χ3n) is 3.96. The van der Waals surface area contributed by atoms with Gasteiger partial charge in [-0.2, -0.15) is 0 Å². The standard InChI is InChI=1S/C18H21FN4O/c19-16-11-14(12-22-18(20)23-9-2-1-3-10-23)6-7-17(16)24-15-5-4-8-21-13-15/h4-8,11,13H,1-3,9-10,12H2,(H2,20,22). The number of ether oxygens (including phenoxy) is 1. The molecule has 126 valence electrons. The van der Waals surface area contributed by atoms with Crippen LogP contribution in [0.15, 0.2) is 47.7 Å². The van der Waals surface area contributed by atoms with Crippen molar-refractivity contribution in [3.63, 3.8) is 0 Å². The fourth-order valence-corrected chi connectivity index (χ4v) is 2.66. The van der Waals surface area contributed by atoms with Crippen LogP contribution in [0.25, 0.3) is 0 Å². The number of benzene rings is 1. The van der Waals surface area contributed by atoms with Gasteiger partial charge in [-0.05, 0) is 49.1 Å². The summed E-state index contributed by atoms with van der Waals surface area (Å²) in [6, 6.07) is 8.29. The van der Waals surface area contributed by atoms with Gasteiger partial charge in [0, 0.05) is 19.3 Å². The van der Waals surface area contributed by atoms with Crippen LogP contribution >= 0.6 is 0 Å². The van der Waals surface area contributed by atoms with Crippen molar-refractivity contribution in [1.29, 1.82) is 0 Å². The summed E-state index contributed by atoms with van der Waals surface area (Å²) in [5.74, 6) is 0.769. The van der Waals surface area contributed by atoms with Crippen molar-refractivity contribution < 1.29 is 9.13 Å². The molecule has 1 fully saturated rings. The molecule has 0 atom stereocenters. The number of piperidine rings is 1. The second-order valence-electron chi connectivity index (χ2n) is 5.78. The van der Waals surface area contributed by atoms with Gasteiger partial charge in [-0.3, -0.25) is 4.98 Å². The summed E-state index contributed by atoms with van der Waals surface area (Å²) in [4.78, 5) is 10.4. The number of nitrogens with two attached hydrogens (primary N) is 1. The summed E-state index contributed by atoms with van der Waals surface area (Å²) >= 11 is 0. The Bertz CT molecular complexity index is 699. The lowest BCUT2D eigenvalue weighted by Crippen LogP contribution is -2.40.